The summed E-state index contributed by atoms with van der Waals surface area (Å²) in [7, 11) is 0. The lowest BCUT2D eigenvalue weighted by Gasteiger charge is -2.18. The molecule has 0 spiro atoms. The molecule has 4 nitrogen and oxygen atoms in total. The summed E-state index contributed by atoms with van der Waals surface area (Å²) in [5.74, 6) is -1.54. The monoisotopic (exact) mass is 363 g/mol. The molecule has 0 saturated carbocycles. The van der Waals surface area contributed by atoms with Crippen LogP contribution in [0.3, 0.4) is 0 Å². The third-order valence-corrected chi connectivity index (χ3v) is 4.14. The number of amides is 1. The molecule has 0 fully saturated rings. The average Bonchev–Trinajstić information content (AvgIpc) is 2.64. The van der Waals surface area contributed by atoms with Crippen LogP contribution in [0.2, 0.25) is 0 Å². The molecule has 0 saturated heterocycles. The molecule has 1 aliphatic rings. The Kier molecular flexibility index (Phi) is 4.86. The molecule has 2 aromatic carbocycles. The molecule has 0 unspecified atom stereocenters. The molecule has 2 aromatic rings. The minimum absolute atomic E-state index is 0.0356. The molecular formula is C21H15F2N3O. The van der Waals surface area contributed by atoms with Crippen molar-refractivity contribution in [3.63, 3.8) is 0 Å². The average molecular weight is 363 g/mol. The van der Waals surface area contributed by atoms with Crippen LogP contribution in [0, 0.1) is 29.9 Å². The van der Waals surface area contributed by atoms with Gasteiger partial charge in [-0.3, -0.25) is 4.79 Å². The van der Waals surface area contributed by atoms with Crippen LogP contribution in [0.1, 0.15) is 11.1 Å². The number of halogens is 2. The van der Waals surface area contributed by atoms with Crippen molar-refractivity contribution in [2.24, 2.45) is 0 Å². The zero-order valence-corrected chi connectivity index (χ0v) is 14.4. The lowest BCUT2D eigenvalue weighted by atomic mass is 9.97. The Bertz CT molecular complexity index is 1040. The van der Waals surface area contributed by atoms with Gasteiger partial charge in [-0.1, -0.05) is 36.9 Å². The van der Waals surface area contributed by atoms with Crippen LogP contribution >= 0.6 is 0 Å². The summed E-state index contributed by atoms with van der Waals surface area (Å²) < 4.78 is 27.9. The Balaban J connectivity index is 2.05. The van der Waals surface area contributed by atoms with Crippen molar-refractivity contribution in [1.82, 2.24) is 10.6 Å². The third kappa shape index (κ3) is 3.62. The van der Waals surface area contributed by atoms with Crippen LogP contribution in [0.15, 0.2) is 66.1 Å². The summed E-state index contributed by atoms with van der Waals surface area (Å²) in [5, 5.41) is 14.4. The van der Waals surface area contributed by atoms with E-state index in [1.54, 1.807) is 36.4 Å². The molecule has 3 rings (SSSR count). The van der Waals surface area contributed by atoms with E-state index < -0.39 is 17.5 Å². The lowest BCUT2D eigenvalue weighted by molar-refractivity contribution is -0.116. The molecule has 1 heterocycles. The second-order valence-corrected chi connectivity index (χ2v) is 5.94. The Morgan fingerprint density at radius 2 is 1.78 bits per heavy atom. The maximum Gasteiger partial charge on any atom is 0.269 e. The molecule has 1 amide bonds. The summed E-state index contributed by atoms with van der Waals surface area (Å²) in [6.45, 7) is 5.01. The van der Waals surface area contributed by atoms with E-state index in [1.807, 2.05) is 6.07 Å². The highest BCUT2D eigenvalue weighted by molar-refractivity contribution is 6.00. The highest BCUT2D eigenvalue weighted by Gasteiger charge is 2.20. The van der Waals surface area contributed by atoms with Gasteiger partial charge in [-0.25, -0.2) is 8.78 Å². The summed E-state index contributed by atoms with van der Waals surface area (Å²) >= 11 is 0. The fraction of sp³-hybridized carbons (Fsp3) is 0.0476. The standard InChI is InChI=1S/C21H15F2N3O/c1-12-18(22)9-15(10-19(12)23)16-6-4-3-5-14(16)7-8-20-17(11-24)21(27)26-13(2)25-20/h3-10,25H,2H2,1H3,(H,26,27)/b8-7+. The maximum atomic E-state index is 14.0. The number of benzene rings is 2. The third-order valence-electron chi connectivity index (χ3n) is 4.14. The Morgan fingerprint density at radius 1 is 1.11 bits per heavy atom. The first-order valence-electron chi connectivity index (χ1n) is 8.05. The number of nitrogens with zero attached hydrogens (tertiary/aromatic N) is 1. The normalized spacial score (nSPS) is 14.1. The second kappa shape index (κ2) is 7.26. The Morgan fingerprint density at radius 3 is 2.44 bits per heavy atom. The number of carbonyl (C=O) groups is 1. The number of rotatable bonds is 3. The molecule has 27 heavy (non-hydrogen) atoms. The number of hydrogen-bond donors (Lipinski definition) is 2. The van der Waals surface area contributed by atoms with Crippen LogP contribution in [0.4, 0.5) is 8.78 Å². The summed E-state index contributed by atoms with van der Waals surface area (Å²) in [6, 6.07) is 11.4. The van der Waals surface area contributed by atoms with Crippen LogP contribution in [-0.4, -0.2) is 5.91 Å². The van der Waals surface area contributed by atoms with Gasteiger partial charge in [0.05, 0.1) is 5.70 Å². The van der Waals surface area contributed by atoms with Gasteiger partial charge in [-0.2, -0.15) is 5.26 Å². The zero-order valence-electron chi connectivity index (χ0n) is 14.4. The second-order valence-electron chi connectivity index (χ2n) is 5.94. The van der Waals surface area contributed by atoms with Crippen molar-refractivity contribution >= 4 is 12.0 Å². The van der Waals surface area contributed by atoms with Crippen molar-refractivity contribution in [2.75, 3.05) is 0 Å². The summed E-state index contributed by atoms with van der Waals surface area (Å²) in [6.07, 6.45) is 3.22. The van der Waals surface area contributed by atoms with E-state index in [0.29, 0.717) is 22.4 Å². The SMILES string of the molecule is C=C1NC(=O)C(C#N)=C(/C=C/c2ccccc2-c2cc(F)c(C)c(F)c2)N1. The predicted molar refractivity (Wildman–Crippen MR) is 98.6 cm³/mol. The first-order valence-corrected chi connectivity index (χ1v) is 8.05. The molecular weight excluding hydrogens is 348 g/mol. The van der Waals surface area contributed by atoms with E-state index in [0.717, 1.165) is 0 Å². The minimum atomic E-state index is -0.625. The lowest BCUT2D eigenvalue weighted by Crippen LogP contribution is -2.37. The molecule has 0 bridgehead atoms. The highest BCUT2D eigenvalue weighted by atomic mass is 19.1. The molecule has 1 aliphatic heterocycles. The highest BCUT2D eigenvalue weighted by Crippen LogP contribution is 2.28. The molecule has 6 heteroatoms. The molecule has 0 atom stereocenters. The van der Waals surface area contributed by atoms with E-state index in [4.69, 9.17) is 0 Å². The Hall–Kier alpha value is -3.72. The van der Waals surface area contributed by atoms with Gasteiger partial charge >= 0.3 is 0 Å². The Labute approximate surface area is 155 Å². The van der Waals surface area contributed by atoms with E-state index in [2.05, 4.69) is 17.2 Å². The topological polar surface area (TPSA) is 64.9 Å². The number of nitriles is 1. The van der Waals surface area contributed by atoms with E-state index in [1.165, 1.54) is 19.1 Å². The molecule has 134 valence electrons. The summed E-state index contributed by atoms with van der Waals surface area (Å²) in [5.41, 5.74) is 1.86. The quantitative estimate of drug-likeness (QED) is 0.869. The van der Waals surface area contributed by atoms with E-state index in [-0.39, 0.29) is 17.0 Å². The first-order chi connectivity index (χ1) is 12.9. The van der Waals surface area contributed by atoms with Gasteiger partial charge in [0.25, 0.3) is 5.91 Å². The molecule has 0 aromatic heterocycles. The van der Waals surface area contributed by atoms with Crippen molar-refractivity contribution in [2.45, 2.75) is 6.92 Å². The predicted octanol–water partition coefficient (Wildman–Crippen LogP) is 3.92. The molecule has 0 aliphatic carbocycles. The van der Waals surface area contributed by atoms with Gasteiger partial charge in [-0.05, 0) is 41.8 Å². The smallest absolute Gasteiger partial charge is 0.269 e. The maximum absolute atomic E-state index is 14.0. The van der Waals surface area contributed by atoms with Crippen molar-refractivity contribution in [3.8, 4) is 17.2 Å². The molecule has 0 radical (unpaired) electrons. The van der Waals surface area contributed by atoms with Crippen LogP contribution in [-0.2, 0) is 4.79 Å². The fourth-order valence-electron chi connectivity index (χ4n) is 2.69. The van der Waals surface area contributed by atoms with Crippen LogP contribution < -0.4 is 10.6 Å². The minimum Gasteiger partial charge on any atom is -0.341 e. The van der Waals surface area contributed by atoms with Gasteiger partial charge < -0.3 is 10.6 Å². The number of carbonyl (C=O) groups excluding carboxylic acids is 1. The van der Waals surface area contributed by atoms with Gasteiger partial charge in [0, 0.05) is 5.56 Å². The fourth-order valence-corrected chi connectivity index (χ4v) is 2.69. The number of allylic oxidation sites excluding steroid dienone is 1. The van der Waals surface area contributed by atoms with Crippen LogP contribution in [0.25, 0.3) is 17.2 Å². The van der Waals surface area contributed by atoms with Gasteiger partial charge in [-0.15, -0.1) is 0 Å². The van der Waals surface area contributed by atoms with Crippen LogP contribution in [0.5, 0.6) is 0 Å². The van der Waals surface area contributed by atoms with Crippen molar-refractivity contribution < 1.29 is 13.6 Å². The van der Waals surface area contributed by atoms with E-state index in [9.17, 15) is 18.8 Å². The van der Waals surface area contributed by atoms with Gasteiger partial charge in [0.1, 0.15) is 29.1 Å². The number of hydrogen-bond acceptors (Lipinski definition) is 3. The number of nitrogens with one attached hydrogen (secondary N) is 2. The van der Waals surface area contributed by atoms with Crippen molar-refractivity contribution in [3.05, 3.63) is 88.9 Å². The van der Waals surface area contributed by atoms with Gasteiger partial charge in [0.15, 0.2) is 0 Å². The van der Waals surface area contributed by atoms with Crippen molar-refractivity contribution in [1.29, 1.82) is 5.26 Å². The van der Waals surface area contributed by atoms with E-state index >= 15 is 0 Å². The molecule has 2 N–H and O–H groups in total. The largest absolute Gasteiger partial charge is 0.341 e. The first kappa shape index (κ1) is 18.1. The summed E-state index contributed by atoms with van der Waals surface area (Å²) in [4.78, 5) is 11.8. The zero-order chi connectivity index (χ0) is 19.6. The van der Waals surface area contributed by atoms with Gasteiger partial charge in [0.2, 0.25) is 0 Å².